The summed E-state index contributed by atoms with van der Waals surface area (Å²) in [6.07, 6.45) is 1.83. The van der Waals surface area contributed by atoms with Crippen molar-refractivity contribution in [2.24, 2.45) is 0 Å². The molecule has 0 spiro atoms. The van der Waals surface area contributed by atoms with Crippen molar-refractivity contribution in [3.8, 4) is 5.88 Å². The summed E-state index contributed by atoms with van der Waals surface area (Å²) in [6, 6.07) is 1.39. The van der Waals surface area contributed by atoms with E-state index in [0.29, 0.717) is 25.0 Å². The topological polar surface area (TPSA) is 76.1 Å². The van der Waals surface area contributed by atoms with E-state index in [1.54, 1.807) is 13.0 Å². The molecule has 1 heterocycles. The number of anilines is 1. The second kappa shape index (κ2) is 8.35. The van der Waals surface area contributed by atoms with Crippen LogP contribution in [0.2, 0.25) is 0 Å². The third kappa shape index (κ3) is 5.42. The predicted molar refractivity (Wildman–Crippen MR) is 78.9 cm³/mol. The van der Waals surface area contributed by atoms with E-state index < -0.39 is 0 Å². The quantitative estimate of drug-likeness (QED) is 0.760. The van der Waals surface area contributed by atoms with Gasteiger partial charge in [0, 0.05) is 18.3 Å². The zero-order valence-electron chi connectivity index (χ0n) is 12.7. The molecule has 0 saturated carbocycles. The van der Waals surface area contributed by atoms with Gasteiger partial charge >= 0.3 is 0 Å². The first-order valence-electron chi connectivity index (χ1n) is 7.09. The Morgan fingerprint density at radius 2 is 2.10 bits per heavy atom. The molecule has 0 saturated heterocycles. The van der Waals surface area contributed by atoms with Crippen molar-refractivity contribution in [3.05, 3.63) is 11.8 Å². The number of amides is 1. The van der Waals surface area contributed by atoms with Gasteiger partial charge in [0.15, 0.2) is 0 Å². The Kier molecular flexibility index (Phi) is 6.76. The summed E-state index contributed by atoms with van der Waals surface area (Å²) in [5.41, 5.74) is 0.801. The molecule has 20 heavy (non-hydrogen) atoms. The number of aromatic nitrogens is 2. The van der Waals surface area contributed by atoms with E-state index in [4.69, 9.17) is 4.74 Å². The molecule has 0 aliphatic heterocycles. The highest BCUT2D eigenvalue weighted by molar-refractivity contribution is 5.83. The number of rotatable bonds is 8. The Morgan fingerprint density at radius 1 is 1.35 bits per heavy atom. The van der Waals surface area contributed by atoms with Gasteiger partial charge in [0.25, 0.3) is 0 Å². The summed E-state index contributed by atoms with van der Waals surface area (Å²) < 4.78 is 5.49. The van der Waals surface area contributed by atoms with E-state index in [1.807, 2.05) is 20.8 Å². The van der Waals surface area contributed by atoms with Crippen LogP contribution >= 0.6 is 0 Å². The second-order valence-electron chi connectivity index (χ2n) is 4.68. The maximum atomic E-state index is 11.8. The average Bonchev–Trinajstić information content (AvgIpc) is 2.41. The summed E-state index contributed by atoms with van der Waals surface area (Å²) in [4.78, 5) is 20.3. The van der Waals surface area contributed by atoms with Crippen molar-refractivity contribution in [1.29, 1.82) is 0 Å². The van der Waals surface area contributed by atoms with Gasteiger partial charge in [-0.1, -0.05) is 13.8 Å². The van der Waals surface area contributed by atoms with Gasteiger partial charge in [-0.25, -0.2) is 4.98 Å². The van der Waals surface area contributed by atoms with Crippen molar-refractivity contribution in [2.45, 2.75) is 46.6 Å². The van der Waals surface area contributed by atoms with Crippen LogP contribution in [0.15, 0.2) is 6.07 Å². The number of hydrogen-bond donors (Lipinski definition) is 2. The number of carbonyl (C=O) groups excluding carboxylic acids is 1. The van der Waals surface area contributed by atoms with Crippen molar-refractivity contribution < 1.29 is 9.53 Å². The van der Waals surface area contributed by atoms with Gasteiger partial charge in [0.1, 0.15) is 6.04 Å². The van der Waals surface area contributed by atoms with Crippen molar-refractivity contribution in [1.82, 2.24) is 15.3 Å². The summed E-state index contributed by atoms with van der Waals surface area (Å²) in [6.45, 7) is 8.98. The fourth-order valence-corrected chi connectivity index (χ4v) is 1.55. The maximum Gasteiger partial charge on any atom is 0.242 e. The van der Waals surface area contributed by atoms with Crippen LogP contribution in [-0.4, -0.2) is 35.1 Å². The largest absolute Gasteiger partial charge is 0.478 e. The molecule has 0 radical (unpaired) electrons. The lowest BCUT2D eigenvalue weighted by Gasteiger charge is -2.14. The van der Waals surface area contributed by atoms with E-state index in [-0.39, 0.29) is 11.9 Å². The Morgan fingerprint density at radius 3 is 2.75 bits per heavy atom. The third-order valence-corrected chi connectivity index (χ3v) is 2.57. The van der Waals surface area contributed by atoms with E-state index in [9.17, 15) is 4.79 Å². The molecule has 0 aromatic carbocycles. The molecule has 0 aliphatic rings. The van der Waals surface area contributed by atoms with Crippen LogP contribution in [0.5, 0.6) is 5.88 Å². The number of ether oxygens (including phenoxy) is 1. The highest BCUT2D eigenvalue weighted by Crippen LogP contribution is 2.12. The molecule has 0 bridgehead atoms. The SMILES string of the molecule is CCCNC(=O)C(C)Nc1nc(C)cc(OCCC)n1. The van der Waals surface area contributed by atoms with Crippen LogP contribution < -0.4 is 15.4 Å². The van der Waals surface area contributed by atoms with E-state index >= 15 is 0 Å². The van der Waals surface area contributed by atoms with Gasteiger partial charge in [-0.2, -0.15) is 4.98 Å². The standard InChI is InChI=1S/C14H24N4O2/c1-5-7-15-13(19)11(4)17-14-16-10(3)9-12(18-14)20-8-6-2/h9,11H,5-8H2,1-4H3,(H,15,19)(H,16,17,18). The summed E-state index contributed by atoms with van der Waals surface area (Å²) in [5, 5.41) is 5.82. The van der Waals surface area contributed by atoms with Crippen LogP contribution in [0.1, 0.15) is 39.3 Å². The molecular formula is C14H24N4O2. The van der Waals surface area contributed by atoms with Gasteiger partial charge in [0.05, 0.1) is 6.61 Å². The van der Waals surface area contributed by atoms with Crippen molar-refractivity contribution in [2.75, 3.05) is 18.5 Å². The Bertz CT molecular complexity index is 437. The van der Waals surface area contributed by atoms with E-state index in [2.05, 4.69) is 20.6 Å². The van der Waals surface area contributed by atoms with Crippen LogP contribution in [0.4, 0.5) is 5.95 Å². The van der Waals surface area contributed by atoms with Gasteiger partial charge in [-0.15, -0.1) is 0 Å². The van der Waals surface area contributed by atoms with Gasteiger partial charge < -0.3 is 15.4 Å². The van der Waals surface area contributed by atoms with Crippen LogP contribution in [0.3, 0.4) is 0 Å². The molecule has 1 aromatic heterocycles. The monoisotopic (exact) mass is 280 g/mol. The zero-order chi connectivity index (χ0) is 15.0. The molecule has 6 heteroatoms. The van der Waals surface area contributed by atoms with Crippen LogP contribution in [0, 0.1) is 6.92 Å². The Balaban J connectivity index is 2.66. The van der Waals surface area contributed by atoms with Crippen molar-refractivity contribution in [3.63, 3.8) is 0 Å². The molecule has 1 aromatic rings. The fourth-order valence-electron chi connectivity index (χ4n) is 1.55. The van der Waals surface area contributed by atoms with Gasteiger partial charge in [-0.3, -0.25) is 4.79 Å². The molecule has 0 fully saturated rings. The Hall–Kier alpha value is -1.85. The number of aryl methyl sites for hydroxylation is 1. The van der Waals surface area contributed by atoms with Gasteiger partial charge in [0.2, 0.25) is 17.7 Å². The third-order valence-electron chi connectivity index (χ3n) is 2.57. The molecule has 2 N–H and O–H groups in total. The lowest BCUT2D eigenvalue weighted by molar-refractivity contribution is -0.121. The summed E-state index contributed by atoms with van der Waals surface area (Å²) >= 11 is 0. The predicted octanol–water partition coefficient (Wildman–Crippen LogP) is 1.90. The van der Waals surface area contributed by atoms with Crippen LogP contribution in [0.25, 0.3) is 0 Å². The molecule has 0 aliphatic carbocycles. The van der Waals surface area contributed by atoms with Crippen molar-refractivity contribution >= 4 is 11.9 Å². The highest BCUT2D eigenvalue weighted by atomic mass is 16.5. The molecule has 6 nitrogen and oxygen atoms in total. The summed E-state index contributed by atoms with van der Waals surface area (Å²) in [5.74, 6) is 0.881. The number of carbonyl (C=O) groups is 1. The number of nitrogens with one attached hydrogen (secondary N) is 2. The minimum atomic E-state index is -0.387. The molecule has 1 unspecified atom stereocenters. The molecule has 1 rings (SSSR count). The molecule has 1 amide bonds. The summed E-state index contributed by atoms with van der Waals surface area (Å²) in [7, 11) is 0. The second-order valence-corrected chi connectivity index (χ2v) is 4.68. The smallest absolute Gasteiger partial charge is 0.242 e. The fraction of sp³-hybridized carbons (Fsp3) is 0.643. The van der Waals surface area contributed by atoms with Crippen LogP contribution in [-0.2, 0) is 4.79 Å². The first kappa shape index (κ1) is 16.2. The van der Waals surface area contributed by atoms with Gasteiger partial charge in [-0.05, 0) is 26.7 Å². The maximum absolute atomic E-state index is 11.8. The Labute approximate surface area is 120 Å². The number of nitrogens with zero attached hydrogens (tertiary/aromatic N) is 2. The lowest BCUT2D eigenvalue weighted by Crippen LogP contribution is -2.38. The lowest BCUT2D eigenvalue weighted by atomic mass is 10.3. The zero-order valence-corrected chi connectivity index (χ0v) is 12.7. The molecule has 112 valence electrons. The average molecular weight is 280 g/mol. The first-order chi connectivity index (χ1) is 9.56. The highest BCUT2D eigenvalue weighted by Gasteiger charge is 2.13. The minimum Gasteiger partial charge on any atom is -0.478 e. The normalized spacial score (nSPS) is 11.8. The molecule has 1 atom stereocenters. The van der Waals surface area contributed by atoms with E-state index in [0.717, 1.165) is 18.5 Å². The first-order valence-corrected chi connectivity index (χ1v) is 7.09. The number of hydrogen-bond acceptors (Lipinski definition) is 5. The minimum absolute atomic E-state index is 0.0621. The molecular weight excluding hydrogens is 256 g/mol. The van der Waals surface area contributed by atoms with E-state index in [1.165, 1.54) is 0 Å².